The molecule has 70 valence electrons. The van der Waals surface area contributed by atoms with E-state index in [0.29, 0.717) is 5.56 Å². The standard InChI is InChI=1S/C10H13NO2/c1-7(12)8-2-4-9(5-3-8)10(13)6-11/h2-5,10,13H,6,11H2,1H3. The highest BCUT2D eigenvalue weighted by atomic mass is 16.3. The minimum absolute atomic E-state index is 0.0220. The van der Waals surface area contributed by atoms with E-state index < -0.39 is 6.10 Å². The summed E-state index contributed by atoms with van der Waals surface area (Å²) in [6.07, 6.45) is -0.638. The predicted molar refractivity (Wildman–Crippen MR) is 50.5 cm³/mol. The highest BCUT2D eigenvalue weighted by molar-refractivity contribution is 5.94. The molecular weight excluding hydrogens is 166 g/mol. The van der Waals surface area contributed by atoms with Gasteiger partial charge in [-0.05, 0) is 12.5 Å². The van der Waals surface area contributed by atoms with Gasteiger partial charge in [-0.3, -0.25) is 4.79 Å². The lowest BCUT2D eigenvalue weighted by Crippen LogP contribution is -2.11. The summed E-state index contributed by atoms with van der Waals surface area (Å²) in [6.45, 7) is 1.70. The number of rotatable bonds is 3. The van der Waals surface area contributed by atoms with Crippen LogP contribution in [0.3, 0.4) is 0 Å². The Morgan fingerprint density at radius 2 is 2.00 bits per heavy atom. The zero-order chi connectivity index (χ0) is 9.84. The van der Waals surface area contributed by atoms with E-state index >= 15 is 0 Å². The lowest BCUT2D eigenvalue weighted by Gasteiger charge is -2.07. The van der Waals surface area contributed by atoms with Gasteiger partial charge in [0.15, 0.2) is 5.78 Å². The Labute approximate surface area is 77.2 Å². The topological polar surface area (TPSA) is 63.3 Å². The molecule has 3 N–H and O–H groups in total. The largest absolute Gasteiger partial charge is 0.387 e. The molecule has 0 aliphatic carbocycles. The normalized spacial score (nSPS) is 12.5. The van der Waals surface area contributed by atoms with Crippen LogP contribution in [0.1, 0.15) is 28.9 Å². The molecule has 0 fully saturated rings. The number of carbonyl (C=O) groups is 1. The van der Waals surface area contributed by atoms with Crippen molar-refractivity contribution in [3.63, 3.8) is 0 Å². The summed E-state index contributed by atoms with van der Waals surface area (Å²) in [6, 6.07) is 6.82. The van der Waals surface area contributed by atoms with E-state index in [2.05, 4.69) is 0 Å². The van der Waals surface area contributed by atoms with Crippen molar-refractivity contribution in [3.8, 4) is 0 Å². The second-order valence-corrected chi connectivity index (χ2v) is 2.93. The van der Waals surface area contributed by atoms with Gasteiger partial charge in [-0.15, -0.1) is 0 Å². The molecule has 3 nitrogen and oxygen atoms in total. The Hall–Kier alpha value is -1.19. The Kier molecular flexibility index (Phi) is 3.17. The van der Waals surface area contributed by atoms with Crippen molar-refractivity contribution in [3.05, 3.63) is 35.4 Å². The highest BCUT2D eigenvalue weighted by Crippen LogP contribution is 2.12. The van der Waals surface area contributed by atoms with Crippen LogP contribution >= 0.6 is 0 Å². The molecule has 0 aliphatic rings. The summed E-state index contributed by atoms with van der Waals surface area (Å²) in [5.41, 5.74) is 6.67. The number of aliphatic hydroxyl groups is 1. The van der Waals surface area contributed by atoms with Gasteiger partial charge in [-0.25, -0.2) is 0 Å². The van der Waals surface area contributed by atoms with Gasteiger partial charge in [0.2, 0.25) is 0 Å². The molecule has 1 aromatic carbocycles. The van der Waals surface area contributed by atoms with E-state index in [9.17, 15) is 9.90 Å². The van der Waals surface area contributed by atoms with Crippen molar-refractivity contribution in [2.24, 2.45) is 5.73 Å². The van der Waals surface area contributed by atoms with Gasteiger partial charge in [-0.2, -0.15) is 0 Å². The molecular formula is C10H13NO2. The molecule has 0 heterocycles. The Balaban J connectivity index is 2.87. The maximum Gasteiger partial charge on any atom is 0.159 e. The average molecular weight is 179 g/mol. The van der Waals surface area contributed by atoms with Crippen molar-refractivity contribution in [2.45, 2.75) is 13.0 Å². The zero-order valence-electron chi connectivity index (χ0n) is 7.53. The third kappa shape index (κ3) is 2.37. The summed E-state index contributed by atoms with van der Waals surface area (Å²) < 4.78 is 0. The van der Waals surface area contributed by atoms with Crippen molar-refractivity contribution < 1.29 is 9.90 Å². The molecule has 0 aliphatic heterocycles. The Morgan fingerprint density at radius 1 is 1.46 bits per heavy atom. The molecule has 1 aromatic rings. The van der Waals surface area contributed by atoms with Crippen LogP contribution in [-0.2, 0) is 0 Å². The Bertz CT molecular complexity index is 292. The van der Waals surface area contributed by atoms with Crippen LogP contribution in [0.25, 0.3) is 0 Å². The number of hydrogen-bond donors (Lipinski definition) is 2. The minimum Gasteiger partial charge on any atom is -0.387 e. The number of Topliss-reactive ketones (excluding diaryl/α,β-unsaturated/α-hetero) is 1. The van der Waals surface area contributed by atoms with Crippen LogP contribution in [0.5, 0.6) is 0 Å². The number of nitrogens with two attached hydrogens (primary N) is 1. The first-order chi connectivity index (χ1) is 6.15. The molecule has 13 heavy (non-hydrogen) atoms. The fourth-order valence-electron chi connectivity index (χ4n) is 1.08. The summed E-state index contributed by atoms with van der Waals surface area (Å²) in [7, 11) is 0. The van der Waals surface area contributed by atoms with Crippen LogP contribution in [0, 0.1) is 0 Å². The molecule has 0 radical (unpaired) electrons. The number of aliphatic hydroxyl groups excluding tert-OH is 1. The molecule has 0 spiro atoms. The molecule has 1 rings (SSSR count). The van der Waals surface area contributed by atoms with Crippen LogP contribution in [0.4, 0.5) is 0 Å². The highest BCUT2D eigenvalue weighted by Gasteiger charge is 2.05. The third-order valence-electron chi connectivity index (χ3n) is 1.93. The second-order valence-electron chi connectivity index (χ2n) is 2.93. The summed E-state index contributed by atoms with van der Waals surface area (Å²) in [4.78, 5) is 10.9. The summed E-state index contributed by atoms with van der Waals surface area (Å²) in [5.74, 6) is 0.0220. The molecule has 0 amide bonds. The molecule has 0 aromatic heterocycles. The van der Waals surface area contributed by atoms with Gasteiger partial charge in [0.25, 0.3) is 0 Å². The van der Waals surface area contributed by atoms with Crippen LogP contribution < -0.4 is 5.73 Å². The molecule has 1 unspecified atom stereocenters. The van der Waals surface area contributed by atoms with Gasteiger partial charge in [0, 0.05) is 12.1 Å². The molecule has 0 saturated carbocycles. The molecule has 3 heteroatoms. The maximum atomic E-state index is 10.9. The van der Waals surface area contributed by atoms with Gasteiger partial charge in [0.1, 0.15) is 0 Å². The quantitative estimate of drug-likeness (QED) is 0.677. The smallest absolute Gasteiger partial charge is 0.159 e. The first-order valence-corrected chi connectivity index (χ1v) is 4.14. The van der Waals surface area contributed by atoms with E-state index in [-0.39, 0.29) is 12.3 Å². The van der Waals surface area contributed by atoms with E-state index in [0.717, 1.165) is 5.56 Å². The van der Waals surface area contributed by atoms with E-state index in [1.54, 1.807) is 24.3 Å². The first-order valence-electron chi connectivity index (χ1n) is 4.14. The van der Waals surface area contributed by atoms with E-state index in [1.807, 2.05) is 0 Å². The third-order valence-corrected chi connectivity index (χ3v) is 1.93. The van der Waals surface area contributed by atoms with E-state index in [4.69, 9.17) is 5.73 Å². The zero-order valence-corrected chi connectivity index (χ0v) is 7.53. The van der Waals surface area contributed by atoms with Gasteiger partial charge in [0.05, 0.1) is 6.10 Å². The summed E-state index contributed by atoms with van der Waals surface area (Å²) >= 11 is 0. The van der Waals surface area contributed by atoms with Gasteiger partial charge < -0.3 is 10.8 Å². The fourth-order valence-corrected chi connectivity index (χ4v) is 1.08. The second kappa shape index (κ2) is 4.16. The average Bonchev–Trinajstić information content (AvgIpc) is 2.17. The predicted octanol–water partition coefficient (Wildman–Crippen LogP) is 0.881. The molecule has 0 bridgehead atoms. The number of benzene rings is 1. The number of hydrogen-bond acceptors (Lipinski definition) is 3. The maximum absolute atomic E-state index is 10.9. The number of ketones is 1. The van der Waals surface area contributed by atoms with Crippen LogP contribution in [-0.4, -0.2) is 17.4 Å². The lowest BCUT2D eigenvalue weighted by atomic mass is 10.1. The lowest BCUT2D eigenvalue weighted by molar-refractivity contribution is 0.101. The van der Waals surface area contributed by atoms with Gasteiger partial charge in [-0.1, -0.05) is 24.3 Å². The summed E-state index contributed by atoms with van der Waals surface area (Å²) in [5, 5.41) is 9.35. The minimum atomic E-state index is -0.638. The SMILES string of the molecule is CC(=O)c1ccc(C(O)CN)cc1. The van der Waals surface area contributed by atoms with Crippen LogP contribution in [0.2, 0.25) is 0 Å². The monoisotopic (exact) mass is 179 g/mol. The van der Waals surface area contributed by atoms with Crippen molar-refractivity contribution in [2.75, 3.05) is 6.54 Å². The fraction of sp³-hybridized carbons (Fsp3) is 0.300. The van der Waals surface area contributed by atoms with E-state index in [1.165, 1.54) is 6.92 Å². The van der Waals surface area contributed by atoms with Crippen LogP contribution in [0.15, 0.2) is 24.3 Å². The first kappa shape index (κ1) is 9.89. The molecule has 1 atom stereocenters. The molecule has 0 saturated heterocycles. The van der Waals surface area contributed by atoms with Crippen molar-refractivity contribution >= 4 is 5.78 Å². The van der Waals surface area contributed by atoms with Gasteiger partial charge >= 0.3 is 0 Å². The van der Waals surface area contributed by atoms with Crippen molar-refractivity contribution in [1.82, 2.24) is 0 Å². The number of carbonyl (C=O) groups excluding carboxylic acids is 1. The Morgan fingerprint density at radius 3 is 2.38 bits per heavy atom. The van der Waals surface area contributed by atoms with Crippen molar-refractivity contribution in [1.29, 1.82) is 0 Å².